The number of hydrogen-bond acceptors (Lipinski definition) is 3. The molecule has 0 aromatic heterocycles. The van der Waals surface area contributed by atoms with Gasteiger partial charge >= 0.3 is 0 Å². The summed E-state index contributed by atoms with van der Waals surface area (Å²) < 4.78 is 6.14. The average molecular weight is 335 g/mol. The van der Waals surface area contributed by atoms with Crippen LogP contribution in [0.3, 0.4) is 0 Å². The van der Waals surface area contributed by atoms with Gasteiger partial charge in [0, 0.05) is 18.7 Å². The van der Waals surface area contributed by atoms with Crippen LogP contribution in [0.1, 0.15) is 23.6 Å². The number of ether oxygens (including phenoxy) is 1. The lowest BCUT2D eigenvalue weighted by atomic mass is 10.0. The van der Waals surface area contributed by atoms with Crippen LogP contribution in [0.5, 0.6) is 5.75 Å². The molecule has 0 unspecified atom stereocenters. The van der Waals surface area contributed by atoms with Gasteiger partial charge in [-0.1, -0.05) is 60.2 Å². The first kappa shape index (κ1) is 17.5. The molecule has 0 spiro atoms. The second-order valence-corrected chi connectivity index (χ2v) is 6.52. The zero-order valence-corrected chi connectivity index (χ0v) is 14.8. The SMILES string of the molecule is Cc1cccc(COc2ccc3ccccc3c2CNC[C@H](C)O)c1. The number of nitrogens with one attached hydrogen (secondary N) is 1. The lowest BCUT2D eigenvalue weighted by Gasteiger charge is -2.16. The molecule has 0 bridgehead atoms. The summed E-state index contributed by atoms with van der Waals surface area (Å²) >= 11 is 0. The Morgan fingerprint density at radius 3 is 2.68 bits per heavy atom. The predicted molar refractivity (Wildman–Crippen MR) is 103 cm³/mol. The summed E-state index contributed by atoms with van der Waals surface area (Å²) in [5.74, 6) is 0.887. The molecule has 3 rings (SSSR count). The summed E-state index contributed by atoms with van der Waals surface area (Å²) in [7, 11) is 0. The van der Waals surface area contributed by atoms with E-state index in [1.54, 1.807) is 6.92 Å². The van der Waals surface area contributed by atoms with Gasteiger partial charge in [0.15, 0.2) is 0 Å². The molecule has 1 atom stereocenters. The quantitative estimate of drug-likeness (QED) is 0.680. The van der Waals surface area contributed by atoms with E-state index < -0.39 is 0 Å². The van der Waals surface area contributed by atoms with Gasteiger partial charge in [0.25, 0.3) is 0 Å². The Morgan fingerprint density at radius 1 is 1.04 bits per heavy atom. The minimum absolute atomic E-state index is 0.369. The molecule has 0 amide bonds. The normalized spacial score (nSPS) is 12.3. The van der Waals surface area contributed by atoms with Crippen molar-refractivity contribution >= 4 is 10.8 Å². The zero-order valence-electron chi connectivity index (χ0n) is 14.8. The first-order valence-electron chi connectivity index (χ1n) is 8.71. The Labute approximate surface area is 149 Å². The highest BCUT2D eigenvalue weighted by molar-refractivity contribution is 5.87. The van der Waals surface area contributed by atoms with Gasteiger partial charge in [-0.3, -0.25) is 0 Å². The summed E-state index contributed by atoms with van der Waals surface area (Å²) in [6.45, 7) is 5.63. The van der Waals surface area contributed by atoms with E-state index in [1.165, 1.54) is 16.3 Å². The molecule has 0 aliphatic rings. The summed E-state index contributed by atoms with van der Waals surface area (Å²) in [5, 5.41) is 15.2. The van der Waals surface area contributed by atoms with E-state index in [0.29, 0.717) is 19.7 Å². The molecule has 3 heteroatoms. The molecular weight excluding hydrogens is 310 g/mol. The molecule has 2 N–H and O–H groups in total. The van der Waals surface area contributed by atoms with Gasteiger partial charge < -0.3 is 15.2 Å². The van der Waals surface area contributed by atoms with Crippen molar-refractivity contribution in [3.05, 3.63) is 77.4 Å². The van der Waals surface area contributed by atoms with E-state index in [2.05, 4.69) is 54.7 Å². The Balaban J connectivity index is 1.85. The molecule has 0 saturated heterocycles. The molecule has 0 aliphatic carbocycles. The molecule has 0 heterocycles. The third kappa shape index (κ3) is 4.59. The van der Waals surface area contributed by atoms with E-state index in [0.717, 1.165) is 16.9 Å². The Morgan fingerprint density at radius 2 is 1.88 bits per heavy atom. The van der Waals surface area contributed by atoms with Crippen molar-refractivity contribution < 1.29 is 9.84 Å². The van der Waals surface area contributed by atoms with Crippen molar-refractivity contribution in [1.82, 2.24) is 5.32 Å². The average Bonchev–Trinajstić information content (AvgIpc) is 2.60. The maximum Gasteiger partial charge on any atom is 0.124 e. The third-order valence-corrected chi connectivity index (χ3v) is 4.22. The van der Waals surface area contributed by atoms with E-state index in [4.69, 9.17) is 4.74 Å². The molecule has 130 valence electrons. The lowest BCUT2D eigenvalue weighted by molar-refractivity contribution is 0.190. The topological polar surface area (TPSA) is 41.5 Å². The standard InChI is InChI=1S/C22H25NO2/c1-16-6-5-7-18(12-16)15-25-22-11-10-19-8-3-4-9-20(19)21(22)14-23-13-17(2)24/h3-12,17,23-24H,13-15H2,1-2H3/t17-/m0/s1. The van der Waals surface area contributed by atoms with Crippen molar-refractivity contribution in [3.8, 4) is 5.75 Å². The first-order valence-corrected chi connectivity index (χ1v) is 8.71. The first-order chi connectivity index (χ1) is 12.1. The van der Waals surface area contributed by atoms with E-state index >= 15 is 0 Å². The molecule has 25 heavy (non-hydrogen) atoms. The van der Waals surface area contributed by atoms with Gasteiger partial charge in [0.05, 0.1) is 6.10 Å². The number of aliphatic hydroxyl groups excluding tert-OH is 1. The third-order valence-electron chi connectivity index (χ3n) is 4.22. The number of rotatable bonds is 7. The molecule has 0 fully saturated rings. The fourth-order valence-corrected chi connectivity index (χ4v) is 3.00. The van der Waals surface area contributed by atoms with Gasteiger partial charge in [-0.25, -0.2) is 0 Å². The lowest BCUT2D eigenvalue weighted by Crippen LogP contribution is -2.24. The Bertz CT molecular complexity index is 842. The van der Waals surface area contributed by atoms with E-state index in [-0.39, 0.29) is 6.10 Å². The molecular formula is C22H25NO2. The van der Waals surface area contributed by atoms with Crippen molar-refractivity contribution in [1.29, 1.82) is 0 Å². The summed E-state index contributed by atoms with van der Waals surface area (Å²) in [6.07, 6.45) is -0.369. The van der Waals surface area contributed by atoms with Crippen LogP contribution >= 0.6 is 0 Å². The second-order valence-electron chi connectivity index (χ2n) is 6.52. The maximum absolute atomic E-state index is 9.50. The number of benzene rings is 3. The predicted octanol–water partition coefficient (Wildman–Crippen LogP) is 4.20. The van der Waals surface area contributed by atoms with Crippen LogP contribution in [0.15, 0.2) is 60.7 Å². The van der Waals surface area contributed by atoms with Gasteiger partial charge in [-0.15, -0.1) is 0 Å². The molecule has 0 saturated carbocycles. The van der Waals surface area contributed by atoms with Gasteiger partial charge in [-0.2, -0.15) is 0 Å². The summed E-state index contributed by atoms with van der Waals surface area (Å²) in [5.41, 5.74) is 3.53. The Kier molecular flexibility index (Phi) is 5.69. The Hall–Kier alpha value is -2.36. The molecule has 3 aromatic rings. The number of fused-ring (bicyclic) bond motifs is 1. The van der Waals surface area contributed by atoms with Crippen molar-refractivity contribution in [2.24, 2.45) is 0 Å². The zero-order chi connectivity index (χ0) is 17.6. The van der Waals surface area contributed by atoms with Crippen LogP contribution in [-0.4, -0.2) is 17.8 Å². The molecule has 3 nitrogen and oxygen atoms in total. The minimum atomic E-state index is -0.369. The molecule has 0 radical (unpaired) electrons. The van der Waals surface area contributed by atoms with Gasteiger partial charge in [0.2, 0.25) is 0 Å². The van der Waals surface area contributed by atoms with Crippen LogP contribution in [0.25, 0.3) is 10.8 Å². The van der Waals surface area contributed by atoms with Crippen LogP contribution < -0.4 is 10.1 Å². The van der Waals surface area contributed by atoms with Crippen LogP contribution in [0, 0.1) is 6.92 Å². The van der Waals surface area contributed by atoms with Crippen LogP contribution in [0.4, 0.5) is 0 Å². The van der Waals surface area contributed by atoms with Gasteiger partial charge in [-0.05, 0) is 36.2 Å². The highest BCUT2D eigenvalue weighted by Crippen LogP contribution is 2.28. The van der Waals surface area contributed by atoms with Crippen LogP contribution in [-0.2, 0) is 13.2 Å². The summed E-state index contributed by atoms with van der Waals surface area (Å²) in [4.78, 5) is 0. The second kappa shape index (κ2) is 8.15. The summed E-state index contributed by atoms with van der Waals surface area (Å²) in [6, 6.07) is 20.8. The van der Waals surface area contributed by atoms with E-state index in [1.807, 2.05) is 18.2 Å². The fourth-order valence-electron chi connectivity index (χ4n) is 3.00. The minimum Gasteiger partial charge on any atom is -0.489 e. The van der Waals surface area contributed by atoms with Crippen molar-refractivity contribution in [2.45, 2.75) is 33.1 Å². The molecule has 3 aromatic carbocycles. The highest BCUT2D eigenvalue weighted by atomic mass is 16.5. The fraction of sp³-hybridized carbons (Fsp3) is 0.273. The monoisotopic (exact) mass is 335 g/mol. The largest absolute Gasteiger partial charge is 0.489 e. The van der Waals surface area contributed by atoms with Gasteiger partial charge in [0.1, 0.15) is 12.4 Å². The van der Waals surface area contributed by atoms with Crippen LogP contribution in [0.2, 0.25) is 0 Å². The smallest absolute Gasteiger partial charge is 0.124 e. The van der Waals surface area contributed by atoms with Crippen molar-refractivity contribution in [3.63, 3.8) is 0 Å². The molecule has 0 aliphatic heterocycles. The van der Waals surface area contributed by atoms with Crippen molar-refractivity contribution in [2.75, 3.05) is 6.54 Å². The highest BCUT2D eigenvalue weighted by Gasteiger charge is 2.09. The number of hydrogen-bond donors (Lipinski definition) is 2. The number of aliphatic hydroxyl groups is 1. The maximum atomic E-state index is 9.50. The number of aryl methyl sites for hydroxylation is 1. The van der Waals surface area contributed by atoms with E-state index in [9.17, 15) is 5.11 Å².